The SMILES string of the molecule is c1c(CNCC2CC2)nnn1CC1CCOC1. The molecular weight excluding hydrogens is 216 g/mol. The molecule has 1 aromatic rings. The fourth-order valence-corrected chi connectivity index (χ4v) is 2.23. The van der Waals surface area contributed by atoms with Gasteiger partial charge in [-0.05, 0) is 31.7 Å². The maximum Gasteiger partial charge on any atom is 0.0964 e. The second-order valence-electron chi connectivity index (χ2n) is 5.24. The van der Waals surface area contributed by atoms with Crippen LogP contribution in [0.1, 0.15) is 25.0 Å². The Hall–Kier alpha value is -0.940. The van der Waals surface area contributed by atoms with Crippen molar-refractivity contribution in [1.82, 2.24) is 20.3 Å². The molecular formula is C12H20N4O. The van der Waals surface area contributed by atoms with Crippen LogP contribution in [0, 0.1) is 11.8 Å². The Bertz CT molecular complexity index is 355. The van der Waals surface area contributed by atoms with E-state index >= 15 is 0 Å². The van der Waals surface area contributed by atoms with Gasteiger partial charge in [-0.2, -0.15) is 0 Å². The Kier molecular flexibility index (Phi) is 3.38. The molecule has 17 heavy (non-hydrogen) atoms. The van der Waals surface area contributed by atoms with Crippen molar-refractivity contribution in [2.75, 3.05) is 19.8 Å². The first kappa shape index (κ1) is 11.2. The number of nitrogens with one attached hydrogen (secondary N) is 1. The molecule has 1 aliphatic heterocycles. The summed E-state index contributed by atoms with van der Waals surface area (Å²) in [5.41, 5.74) is 1.05. The van der Waals surface area contributed by atoms with Crippen LogP contribution in [0.2, 0.25) is 0 Å². The van der Waals surface area contributed by atoms with Gasteiger partial charge in [0.05, 0.1) is 12.3 Å². The minimum Gasteiger partial charge on any atom is -0.381 e. The first-order chi connectivity index (χ1) is 8.40. The van der Waals surface area contributed by atoms with Crippen LogP contribution in [0.4, 0.5) is 0 Å². The topological polar surface area (TPSA) is 52.0 Å². The number of ether oxygens (including phenoxy) is 1. The van der Waals surface area contributed by atoms with Crippen molar-refractivity contribution < 1.29 is 4.74 Å². The molecule has 0 spiro atoms. The van der Waals surface area contributed by atoms with Gasteiger partial charge >= 0.3 is 0 Å². The largest absolute Gasteiger partial charge is 0.381 e. The number of hydrogen-bond acceptors (Lipinski definition) is 4. The van der Waals surface area contributed by atoms with Crippen LogP contribution in [0.25, 0.3) is 0 Å². The van der Waals surface area contributed by atoms with Gasteiger partial charge in [0.15, 0.2) is 0 Å². The summed E-state index contributed by atoms with van der Waals surface area (Å²) in [6.45, 7) is 4.68. The summed E-state index contributed by atoms with van der Waals surface area (Å²) in [6, 6.07) is 0. The highest BCUT2D eigenvalue weighted by Crippen LogP contribution is 2.27. The number of hydrogen-bond donors (Lipinski definition) is 1. The van der Waals surface area contributed by atoms with E-state index in [0.29, 0.717) is 5.92 Å². The molecule has 5 heteroatoms. The summed E-state index contributed by atoms with van der Waals surface area (Å²) in [5.74, 6) is 1.53. The van der Waals surface area contributed by atoms with E-state index in [1.807, 2.05) is 4.68 Å². The van der Waals surface area contributed by atoms with E-state index in [2.05, 4.69) is 21.8 Å². The van der Waals surface area contributed by atoms with Gasteiger partial charge in [0, 0.05) is 31.8 Å². The molecule has 1 N–H and O–H groups in total. The van der Waals surface area contributed by atoms with Crippen LogP contribution in [-0.2, 0) is 17.8 Å². The highest BCUT2D eigenvalue weighted by molar-refractivity contribution is 4.92. The van der Waals surface area contributed by atoms with Gasteiger partial charge in [-0.3, -0.25) is 4.68 Å². The highest BCUT2D eigenvalue weighted by Gasteiger charge is 2.20. The third-order valence-electron chi connectivity index (χ3n) is 3.49. The molecule has 1 saturated heterocycles. The third-order valence-corrected chi connectivity index (χ3v) is 3.49. The second-order valence-corrected chi connectivity index (χ2v) is 5.24. The molecule has 5 nitrogen and oxygen atoms in total. The molecule has 1 aromatic heterocycles. The molecule has 0 radical (unpaired) electrons. The fourth-order valence-electron chi connectivity index (χ4n) is 2.23. The van der Waals surface area contributed by atoms with Crippen molar-refractivity contribution in [1.29, 1.82) is 0 Å². The minimum absolute atomic E-state index is 0.615. The van der Waals surface area contributed by atoms with Gasteiger partial charge in [-0.25, -0.2) is 0 Å². The maximum atomic E-state index is 5.36. The van der Waals surface area contributed by atoms with Gasteiger partial charge in [-0.1, -0.05) is 5.21 Å². The van der Waals surface area contributed by atoms with Crippen LogP contribution in [0.15, 0.2) is 6.20 Å². The molecule has 1 saturated carbocycles. The first-order valence-electron chi connectivity index (χ1n) is 6.57. The summed E-state index contributed by atoms with van der Waals surface area (Å²) in [7, 11) is 0. The number of aromatic nitrogens is 3. The molecule has 1 atom stereocenters. The fraction of sp³-hybridized carbons (Fsp3) is 0.833. The smallest absolute Gasteiger partial charge is 0.0964 e. The van der Waals surface area contributed by atoms with Crippen molar-refractivity contribution in [2.24, 2.45) is 11.8 Å². The van der Waals surface area contributed by atoms with Gasteiger partial charge in [0.2, 0.25) is 0 Å². The Labute approximate surface area is 102 Å². The van der Waals surface area contributed by atoms with E-state index in [4.69, 9.17) is 4.74 Å². The van der Waals surface area contributed by atoms with Gasteiger partial charge in [-0.15, -0.1) is 5.10 Å². The third kappa shape index (κ3) is 3.26. The molecule has 1 aliphatic carbocycles. The van der Waals surface area contributed by atoms with Crippen molar-refractivity contribution in [3.8, 4) is 0 Å². The van der Waals surface area contributed by atoms with Gasteiger partial charge < -0.3 is 10.1 Å². The lowest BCUT2D eigenvalue weighted by Crippen LogP contribution is -2.16. The van der Waals surface area contributed by atoms with E-state index in [9.17, 15) is 0 Å². The lowest BCUT2D eigenvalue weighted by Gasteiger charge is -2.05. The molecule has 0 amide bonds. The lowest BCUT2D eigenvalue weighted by molar-refractivity contribution is 0.181. The Balaban J connectivity index is 1.43. The van der Waals surface area contributed by atoms with Crippen LogP contribution >= 0.6 is 0 Å². The average Bonchev–Trinajstić information content (AvgIpc) is 2.83. The van der Waals surface area contributed by atoms with Crippen molar-refractivity contribution >= 4 is 0 Å². The van der Waals surface area contributed by atoms with E-state index < -0.39 is 0 Å². The van der Waals surface area contributed by atoms with Crippen LogP contribution in [-0.4, -0.2) is 34.8 Å². The molecule has 0 aromatic carbocycles. The van der Waals surface area contributed by atoms with Crippen molar-refractivity contribution in [3.63, 3.8) is 0 Å². The summed E-state index contributed by atoms with van der Waals surface area (Å²) in [4.78, 5) is 0. The number of rotatable bonds is 6. The summed E-state index contributed by atoms with van der Waals surface area (Å²) >= 11 is 0. The Morgan fingerprint density at radius 3 is 3.06 bits per heavy atom. The van der Waals surface area contributed by atoms with Crippen LogP contribution in [0.5, 0.6) is 0 Å². The first-order valence-corrected chi connectivity index (χ1v) is 6.57. The molecule has 1 unspecified atom stereocenters. The molecule has 2 heterocycles. The van der Waals surface area contributed by atoms with Gasteiger partial charge in [0.25, 0.3) is 0 Å². The molecule has 2 fully saturated rings. The zero-order valence-corrected chi connectivity index (χ0v) is 10.1. The standard InChI is InChI=1S/C12H20N4O/c1-2-10(1)5-13-6-12-8-16(15-14-12)7-11-3-4-17-9-11/h8,10-11,13H,1-7,9H2. The summed E-state index contributed by atoms with van der Waals surface area (Å²) in [5, 5.41) is 11.8. The molecule has 0 bridgehead atoms. The van der Waals surface area contributed by atoms with Crippen LogP contribution in [0.3, 0.4) is 0 Å². The molecule has 2 aliphatic rings. The number of nitrogens with zero attached hydrogens (tertiary/aromatic N) is 3. The van der Waals surface area contributed by atoms with Crippen molar-refractivity contribution in [2.45, 2.75) is 32.4 Å². The van der Waals surface area contributed by atoms with E-state index in [1.54, 1.807) is 0 Å². The van der Waals surface area contributed by atoms with E-state index in [-0.39, 0.29) is 0 Å². The summed E-state index contributed by atoms with van der Waals surface area (Å²) in [6.07, 6.45) is 5.98. The zero-order chi connectivity index (χ0) is 11.5. The predicted molar refractivity (Wildman–Crippen MR) is 63.4 cm³/mol. The van der Waals surface area contributed by atoms with E-state index in [1.165, 1.54) is 12.8 Å². The van der Waals surface area contributed by atoms with E-state index in [0.717, 1.165) is 50.9 Å². The van der Waals surface area contributed by atoms with Crippen LogP contribution < -0.4 is 5.32 Å². The minimum atomic E-state index is 0.615. The quantitative estimate of drug-likeness (QED) is 0.794. The average molecular weight is 236 g/mol. The monoisotopic (exact) mass is 236 g/mol. The van der Waals surface area contributed by atoms with Gasteiger partial charge in [0.1, 0.15) is 0 Å². The lowest BCUT2D eigenvalue weighted by atomic mass is 10.1. The molecule has 3 rings (SSSR count). The summed E-state index contributed by atoms with van der Waals surface area (Å²) < 4.78 is 7.31. The molecule has 94 valence electrons. The zero-order valence-electron chi connectivity index (χ0n) is 10.1. The highest BCUT2D eigenvalue weighted by atomic mass is 16.5. The Morgan fingerprint density at radius 2 is 2.29 bits per heavy atom. The van der Waals surface area contributed by atoms with Crippen molar-refractivity contribution in [3.05, 3.63) is 11.9 Å². The maximum absolute atomic E-state index is 5.36. The normalized spacial score (nSPS) is 24.4. The Morgan fingerprint density at radius 1 is 1.35 bits per heavy atom. The second kappa shape index (κ2) is 5.14. The predicted octanol–water partition coefficient (Wildman–Crippen LogP) is 0.814.